The molecule has 2 heterocycles. The molecule has 1 amide bonds. The van der Waals surface area contributed by atoms with Crippen LogP contribution in [0.2, 0.25) is 0 Å². The third kappa shape index (κ3) is 6.37. The molecule has 1 fully saturated rings. The lowest BCUT2D eigenvalue weighted by molar-refractivity contribution is -0.121. The molecule has 6 nitrogen and oxygen atoms in total. The highest BCUT2D eigenvalue weighted by atomic mass is 19.1. The molecule has 0 bridgehead atoms. The molecule has 1 aliphatic rings. The van der Waals surface area contributed by atoms with E-state index in [4.69, 9.17) is 0 Å². The van der Waals surface area contributed by atoms with Crippen molar-refractivity contribution in [1.82, 2.24) is 15.3 Å². The van der Waals surface area contributed by atoms with E-state index in [1.807, 2.05) is 13.0 Å². The lowest BCUT2D eigenvalue weighted by Gasteiger charge is -2.33. The zero-order valence-corrected chi connectivity index (χ0v) is 16.6. The molecule has 3 rings (SSSR count). The Labute approximate surface area is 169 Å². The van der Waals surface area contributed by atoms with Crippen LogP contribution in [0.25, 0.3) is 0 Å². The van der Waals surface area contributed by atoms with Gasteiger partial charge in [0.15, 0.2) is 0 Å². The van der Waals surface area contributed by atoms with E-state index in [2.05, 4.69) is 25.5 Å². The minimum Gasteiger partial charge on any atom is -0.370 e. The van der Waals surface area contributed by atoms with Crippen LogP contribution in [0.4, 0.5) is 20.4 Å². The number of carbonyl (C=O) groups is 1. The van der Waals surface area contributed by atoms with Crippen molar-refractivity contribution in [1.29, 1.82) is 0 Å². The molecule has 0 unspecified atom stereocenters. The second-order valence-corrected chi connectivity index (χ2v) is 7.34. The summed E-state index contributed by atoms with van der Waals surface area (Å²) in [6.45, 7) is 4.74. The molecule has 29 heavy (non-hydrogen) atoms. The van der Waals surface area contributed by atoms with Gasteiger partial charge in [-0.3, -0.25) is 4.79 Å². The Balaban J connectivity index is 1.46. The molecule has 1 saturated heterocycles. The summed E-state index contributed by atoms with van der Waals surface area (Å²) in [4.78, 5) is 23.0. The van der Waals surface area contributed by atoms with Crippen molar-refractivity contribution in [3.63, 3.8) is 0 Å². The molecule has 2 N–H and O–H groups in total. The highest BCUT2D eigenvalue weighted by Gasteiger charge is 2.22. The maximum absolute atomic E-state index is 13.2. The van der Waals surface area contributed by atoms with Gasteiger partial charge in [-0.2, -0.15) is 0 Å². The van der Waals surface area contributed by atoms with Gasteiger partial charge < -0.3 is 15.5 Å². The first-order valence-corrected chi connectivity index (χ1v) is 10.1. The van der Waals surface area contributed by atoms with Gasteiger partial charge in [0.05, 0.1) is 0 Å². The van der Waals surface area contributed by atoms with E-state index in [0.29, 0.717) is 17.9 Å². The van der Waals surface area contributed by atoms with E-state index in [1.54, 1.807) is 6.33 Å². The number of hydrogen-bond donors (Lipinski definition) is 2. The smallest absolute Gasteiger partial charge is 0.220 e. The molecule has 0 saturated carbocycles. The third-order valence-corrected chi connectivity index (χ3v) is 5.05. The Hall–Kier alpha value is -2.77. The van der Waals surface area contributed by atoms with Crippen LogP contribution in [0.3, 0.4) is 0 Å². The van der Waals surface area contributed by atoms with Crippen molar-refractivity contribution in [2.75, 3.05) is 29.9 Å². The Morgan fingerprint density at radius 1 is 1.21 bits per heavy atom. The average Bonchev–Trinajstić information content (AvgIpc) is 2.71. The van der Waals surface area contributed by atoms with Crippen LogP contribution in [0, 0.1) is 17.6 Å². The molecular weight excluding hydrogens is 376 g/mol. The lowest BCUT2D eigenvalue weighted by Crippen LogP contribution is -2.36. The van der Waals surface area contributed by atoms with Gasteiger partial charge in [-0.15, -0.1) is 0 Å². The van der Waals surface area contributed by atoms with Crippen LogP contribution in [-0.2, 0) is 11.3 Å². The zero-order valence-electron chi connectivity index (χ0n) is 16.6. The first kappa shape index (κ1) is 21.0. The molecule has 156 valence electrons. The van der Waals surface area contributed by atoms with Gasteiger partial charge in [0, 0.05) is 44.7 Å². The van der Waals surface area contributed by atoms with Crippen LogP contribution >= 0.6 is 0 Å². The van der Waals surface area contributed by atoms with E-state index >= 15 is 0 Å². The fourth-order valence-corrected chi connectivity index (χ4v) is 3.64. The highest BCUT2D eigenvalue weighted by molar-refractivity contribution is 5.75. The number of rotatable bonds is 8. The van der Waals surface area contributed by atoms with E-state index in [9.17, 15) is 13.6 Å². The number of piperidine rings is 1. The largest absolute Gasteiger partial charge is 0.370 e. The number of hydrogen-bond acceptors (Lipinski definition) is 5. The van der Waals surface area contributed by atoms with Crippen molar-refractivity contribution in [2.45, 2.75) is 39.2 Å². The maximum atomic E-state index is 13.2. The van der Waals surface area contributed by atoms with E-state index in [0.717, 1.165) is 56.6 Å². The van der Waals surface area contributed by atoms with Gasteiger partial charge in [-0.25, -0.2) is 18.7 Å². The minimum atomic E-state index is -0.640. The second-order valence-electron chi connectivity index (χ2n) is 7.34. The molecule has 0 spiro atoms. The average molecular weight is 403 g/mol. The molecule has 1 atom stereocenters. The quantitative estimate of drug-likeness (QED) is 0.706. The van der Waals surface area contributed by atoms with Crippen molar-refractivity contribution in [2.24, 2.45) is 5.92 Å². The third-order valence-electron chi connectivity index (χ3n) is 5.05. The molecule has 1 aliphatic heterocycles. The van der Waals surface area contributed by atoms with E-state index in [1.165, 1.54) is 12.1 Å². The number of amides is 1. The fourth-order valence-electron chi connectivity index (χ4n) is 3.64. The number of carbonyl (C=O) groups excluding carboxylic acids is 1. The summed E-state index contributed by atoms with van der Waals surface area (Å²) in [5.41, 5.74) is 0.417. The summed E-state index contributed by atoms with van der Waals surface area (Å²) < 4.78 is 26.4. The minimum absolute atomic E-state index is 0.108. The van der Waals surface area contributed by atoms with Crippen LogP contribution < -0.4 is 15.5 Å². The Morgan fingerprint density at radius 2 is 2.00 bits per heavy atom. The lowest BCUT2D eigenvalue weighted by atomic mass is 9.93. The molecular formula is C21H27F2N5O. The normalized spacial score (nSPS) is 16.5. The van der Waals surface area contributed by atoms with Crippen LogP contribution in [0.15, 0.2) is 30.6 Å². The maximum Gasteiger partial charge on any atom is 0.220 e. The number of nitrogens with zero attached hydrogens (tertiary/aromatic N) is 3. The van der Waals surface area contributed by atoms with Gasteiger partial charge in [0.1, 0.15) is 29.6 Å². The van der Waals surface area contributed by atoms with Gasteiger partial charge in [-0.1, -0.05) is 0 Å². The van der Waals surface area contributed by atoms with Crippen molar-refractivity contribution < 1.29 is 13.6 Å². The number of nitrogens with one attached hydrogen (secondary N) is 2. The molecule has 1 aromatic carbocycles. The Morgan fingerprint density at radius 3 is 2.76 bits per heavy atom. The summed E-state index contributed by atoms with van der Waals surface area (Å²) in [7, 11) is 0. The SMILES string of the molecule is CCNc1cc(N2CCC[C@@H](CCC(=O)NCc3cc(F)cc(F)c3)C2)ncn1. The summed E-state index contributed by atoms with van der Waals surface area (Å²) in [6.07, 6.45) is 4.85. The van der Waals surface area contributed by atoms with Crippen LogP contribution in [-0.4, -0.2) is 35.5 Å². The summed E-state index contributed by atoms with van der Waals surface area (Å²) in [5, 5.41) is 5.94. The summed E-state index contributed by atoms with van der Waals surface area (Å²) >= 11 is 0. The standard InChI is InChI=1S/C21H27F2N5O/c1-2-24-19-11-20(27-14-26-19)28-7-3-4-15(13-28)5-6-21(29)25-12-16-8-17(22)10-18(23)9-16/h8-11,14-15H,2-7,12-13H2,1H3,(H,25,29)(H,24,26,27)/t15-/m0/s1. The van der Waals surface area contributed by atoms with Crippen molar-refractivity contribution in [3.8, 4) is 0 Å². The van der Waals surface area contributed by atoms with Gasteiger partial charge >= 0.3 is 0 Å². The van der Waals surface area contributed by atoms with Crippen molar-refractivity contribution >= 4 is 17.5 Å². The van der Waals surface area contributed by atoms with Gasteiger partial charge in [-0.05, 0) is 49.8 Å². The molecule has 2 aromatic rings. The van der Waals surface area contributed by atoms with Crippen LogP contribution in [0.1, 0.15) is 38.2 Å². The van der Waals surface area contributed by atoms with Crippen LogP contribution in [0.5, 0.6) is 0 Å². The van der Waals surface area contributed by atoms with Gasteiger partial charge in [0.2, 0.25) is 5.91 Å². The molecule has 0 radical (unpaired) electrons. The topological polar surface area (TPSA) is 70.2 Å². The Bertz CT molecular complexity index is 812. The second kappa shape index (κ2) is 10.1. The number of halogens is 2. The molecule has 1 aromatic heterocycles. The Kier molecular flexibility index (Phi) is 7.32. The molecule has 8 heteroatoms. The first-order valence-electron chi connectivity index (χ1n) is 10.1. The number of aromatic nitrogens is 2. The summed E-state index contributed by atoms with van der Waals surface area (Å²) in [5.74, 6) is 0.727. The highest BCUT2D eigenvalue weighted by Crippen LogP contribution is 2.25. The predicted molar refractivity (Wildman–Crippen MR) is 109 cm³/mol. The fraction of sp³-hybridized carbons (Fsp3) is 0.476. The van der Waals surface area contributed by atoms with E-state index in [-0.39, 0.29) is 12.5 Å². The zero-order chi connectivity index (χ0) is 20.6. The first-order chi connectivity index (χ1) is 14.0. The monoisotopic (exact) mass is 403 g/mol. The summed E-state index contributed by atoms with van der Waals surface area (Å²) in [6, 6.07) is 5.23. The van der Waals surface area contributed by atoms with E-state index < -0.39 is 11.6 Å². The van der Waals surface area contributed by atoms with Crippen molar-refractivity contribution in [3.05, 3.63) is 47.8 Å². The molecule has 0 aliphatic carbocycles. The predicted octanol–water partition coefficient (Wildman–Crippen LogP) is 3.50. The number of benzene rings is 1. The number of anilines is 2. The van der Waals surface area contributed by atoms with Gasteiger partial charge in [0.25, 0.3) is 0 Å².